The third kappa shape index (κ3) is 3.60. The molecule has 0 atom stereocenters. The van der Waals surface area contributed by atoms with Crippen LogP contribution in [0.3, 0.4) is 0 Å². The lowest BCUT2D eigenvalue weighted by molar-refractivity contribution is 0.0951. The smallest absolute Gasteiger partial charge is 0.251 e. The van der Waals surface area contributed by atoms with E-state index in [-0.39, 0.29) is 12.5 Å². The number of amides is 1. The normalized spacial score (nSPS) is 10.0. The van der Waals surface area contributed by atoms with Crippen molar-refractivity contribution >= 4 is 16.8 Å². The van der Waals surface area contributed by atoms with Crippen molar-refractivity contribution in [3.05, 3.63) is 77.5 Å². The van der Waals surface area contributed by atoms with E-state index in [4.69, 9.17) is 5.11 Å². The summed E-state index contributed by atoms with van der Waals surface area (Å²) in [5.74, 6) is 5.20. The zero-order valence-corrected chi connectivity index (χ0v) is 13.0. The number of para-hydroxylation sites is 1. The average Bonchev–Trinajstić information content (AvgIpc) is 2.64. The Balaban J connectivity index is 1.75. The molecule has 0 unspecified atom stereocenters. The second kappa shape index (κ2) is 7.40. The molecule has 2 aromatic carbocycles. The molecular weight excluding hydrogens is 300 g/mol. The van der Waals surface area contributed by atoms with Crippen LogP contribution in [0.2, 0.25) is 0 Å². The van der Waals surface area contributed by atoms with E-state index in [1.807, 2.05) is 30.3 Å². The van der Waals surface area contributed by atoms with Gasteiger partial charge in [0.15, 0.2) is 0 Å². The van der Waals surface area contributed by atoms with E-state index in [0.29, 0.717) is 17.7 Å². The topological polar surface area (TPSA) is 62.2 Å². The van der Waals surface area contributed by atoms with Gasteiger partial charge in [-0.1, -0.05) is 42.2 Å². The molecule has 0 spiro atoms. The molecule has 0 fully saturated rings. The third-order valence-corrected chi connectivity index (χ3v) is 3.59. The summed E-state index contributed by atoms with van der Waals surface area (Å²) in [5.41, 5.74) is 3.09. The minimum absolute atomic E-state index is 0.171. The van der Waals surface area contributed by atoms with Crippen LogP contribution in [0.4, 0.5) is 0 Å². The summed E-state index contributed by atoms with van der Waals surface area (Å²) in [6, 6.07) is 16.8. The van der Waals surface area contributed by atoms with Gasteiger partial charge in [-0.15, -0.1) is 0 Å². The highest BCUT2D eigenvalue weighted by Gasteiger charge is 2.07. The first-order valence-electron chi connectivity index (χ1n) is 7.58. The monoisotopic (exact) mass is 316 g/mol. The van der Waals surface area contributed by atoms with Gasteiger partial charge in [-0.2, -0.15) is 0 Å². The first-order chi connectivity index (χ1) is 11.8. The Morgan fingerprint density at radius 1 is 1.12 bits per heavy atom. The van der Waals surface area contributed by atoms with E-state index < -0.39 is 0 Å². The molecule has 0 radical (unpaired) electrons. The van der Waals surface area contributed by atoms with Crippen molar-refractivity contribution < 1.29 is 9.90 Å². The molecule has 0 saturated heterocycles. The zero-order valence-electron chi connectivity index (χ0n) is 13.0. The Bertz CT molecular complexity index is 934. The van der Waals surface area contributed by atoms with Gasteiger partial charge in [-0.05, 0) is 29.8 Å². The van der Waals surface area contributed by atoms with Gasteiger partial charge in [0, 0.05) is 29.3 Å². The largest absolute Gasteiger partial charge is 0.384 e. The van der Waals surface area contributed by atoms with Gasteiger partial charge in [0.05, 0.1) is 5.52 Å². The summed E-state index contributed by atoms with van der Waals surface area (Å²) in [7, 11) is 0. The summed E-state index contributed by atoms with van der Waals surface area (Å²) in [6.07, 6.45) is 1.75. The summed E-state index contributed by atoms with van der Waals surface area (Å²) < 4.78 is 0. The van der Waals surface area contributed by atoms with Crippen LogP contribution in [0.1, 0.15) is 21.5 Å². The molecule has 4 heteroatoms. The first-order valence-corrected chi connectivity index (χ1v) is 7.58. The number of benzene rings is 2. The molecule has 0 bridgehead atoms. The van der Waals surface area contributed by atoms with Crippen LogP contribution in [0.25, 0.3) is 10.9 Å². The Kier molecular flexibility index (Phi) is 4.85. The summed E-state index contributed by atoms with van der Waals surface area (Å²) in [6.45, 7) is 0.199. The molecule has 118 valence electrons. The van der Waals surface area contributed by atoms with Gasteiger partial charge < -0.3 is 10.4 Å². The maximum absolute atomic E-state index is 12.4. The van der Waals surface area contributed by atoms with Gasteiger partial charge in [-0.25, -0.2) is 0 Å². The fraction of sp³-hybridized carbons (Fsp3) is 0.100. The highest BCUT2D eigenvalue weighted by Crippen LogP contribution is 2.15. The van der Waals surface area contributed by atoms with Gasteiger partial charge >= 0.3 is 0 Å². The summed E-state index contributed by atoms with van der Waals surface area (Å²) in [4.78, 5) is 16.7. The van der Waals surface area contributed by atoms with Gasteiger partial charge in [0.25, 0.3) is 5.91 Å². The van der Waals surface area contributed by atoms with Crippen molar-refractivity contribution in [3.8, 4) is 11.8 Å². The zero-order chi connectivity index (χ0) is 16.8. The van der Waals surface area contributed by atoms with E-state index in [0.717, 1.165) is 16.5 Å². The Hall–Kier alpha value is -3.16. The number of nitrogens with zero attached hydrogens (tertiary/aromatic N) is 1. The molecule has 0 saturated carbocycles. The number of carbonyl (C=O) groups is 1. The lowest BCUT2D eigenvalue weighted by atomic mass is 10.1. The molecule has 1 heterocycles. The lowest BCUT2D eigenvalue weighted by Gasteiger charge is -2.08. The number of carbonyl (C=O) groups excluding carboxylic acids is 1. The Morgan fingerprint density at radius 2 is 1.96 bits per heavy atom. The van der Waals surface area contributed by atoms with Gasteiger partial charge in [-0.3, -0.25) is 9.78 Å². The van der Waals surface area contributed by atoms with Crippen molar-refractivity contribution in [1.82, 2.24) is 10.3 Å². The van der Waals surface area contributed by atoms with Gasteiger partial charge in [0.2, 0.25) is 0 Å². The number of aliphatic hydroxyl groups is 1. The van der Waals surface area contributed by atoms with Crippen LogP contribution < -0.4 is 5.32 Å². The summed E-state index contributed by atoms with van der Waals surface area (Å²) >= 11 is 0. The van der Waals surface area contributed by atoms with Crippen LogP contribution >= 0.6 is 0 Å². The van der Waals surface area contributed by atoms with Crippen LogP contribution in [0, 0.1) is 11.8 Å². The number of hydrogen-bond donors (Lipinski definition) is 2. The highest BCUT2D eigenvalue weighted by molar-refractivity contribution is 5.94. The fourth-order valence-corrected chi connectivity index (χ4v) is 2.47. The first kappa shape index (κ1) is 15.7. The maximum atomic E-state index is 12.4. The van der Waals surface area contributed by atoms with Crippen LogP contribution in [0.5, 0.6) is 0 Å². The number of nitrogens with one attached hydrogen (secondary N) is 1. The molecule has 3 aromatic rings. The SMILES string of the molecule is O=C(NCc1cccc2cccnc12)c1cccc(C#CCO)c1. The minimum Gasteiger partial charge on any atom is -0.384 e. The van der Waals surface area contributed by atoms with E-state index in [2.05, 4.69) is 22.1 Å². The second-order valence-corrected chi connectivity index (χ2v) is 5.22. The quantitative estimate of drug-likeness (QED) is 0.730. The molecule has 1 amide bonds. The fourth-order valence-electron chi connectivity index (χ4n) is 2.47. The standard InChI is InChI=1S/C20H16N2O2/c23-12-4-6-15-5-1-8-17(13-15)20(24)22-14-18-9-2-7-16-10-3-11-21-19(16)18/h1-3,5,7-11,13,23H,12,14H2,(H,22,24). The highest BCUT2D eigenvalue weighted by atomic mass is 16.2. The average molecular weight is 316 g/mol. The molecule has 4 nitrogen and oxygen atoms in total. The second-order valence-electron chi connectivity index (χ2n) is 5.22. The van der Waals surface area contributed by atoms with Crippen molar-refractivity contribution in [1.29, 1.82) is 0 Å². The van der Waals surface area contributed by atoms with Crippen LogP contribution in [-0.4, -0.2) is 22.6 Å². The van der Waals surface area contributed by atoms with Crippen molar-refractivity contribution in [2.75, 3.05) is 6.61 Å². The summed E-state index contributed by atoms with van der Waals surface area (Å²) in [5, 5.41) is 12.7. The van der Waals surface area contributed by atoms with Crippen molar-refractivity contribution in [2.24, 2.45) is 0 Å². The number of hydrogen-bond acceptors (Lipinski definition) is 3. The van der Waals surface area contributed by atoms with E-state index >= 15 is 0 Å². The Labute approximate surface area is 140 Å². The predicted molar refractivity (Wildman–Crippen MR) is 93.3 cm³/mol. The number of aromatic nitrogens is 1. The number of pyridine rings is 1. The minimum atomic E-state index is -0.204. The van der Waals surface area contributed by atoms with E-state index in [1.165, 1.54) is 0 Å². The number of fused-ring (bicyclic) bond motifs is 1. The molecule has 2 N–H and O–H groups in total. The Morgan fingerprint density at radius 3 is 2.83 bits per heavy atom. The van der Waals surface area contributed by atoms with Gasteiger partial charge in [0.1, 0.15) is 6.61 Å². The van der Waals surface area contributed by atoms with Crippen molar-refractivity contribution in [3.63, 3.8) is 0 Å². The molecule has 0 aliphatic heterocycles. The number of aliphatic hydroxyl groups excluding tert-OH is 1. The van der Waals surface area contributed by atoms with E-state index in [9.17, 15) is 4.79 Å². The molecule has 3 rings (SSSR count). The molecule has 1 aromatic heterocycles. The third-order valence-electron chi connectivity index (χ3n) is 3.59. The predicted octanol–water partition coefficient (Wildman–Crippen LogP) is 2.51. The van der Waals surface area contributed by atoms with E-state index in [1.54, 1.807) is 30.5 Å². The van der Waals surface area contributed by atoms with Crippen LogP contribution in [0.15, 0.2) is 60.8 Å². The molecule has 0 aliphatic carbocycles. The molecule has 24 heavy (non-hydrogen) atoms. The van der Waals surface area contributed by atoms with Crippen molar-refractivity contribution in [2.45, 2.75) is 6.54 Å². The van der Waals surface area contributed by atoms with Crippen LogP contribution in [-0.2, 0) is 6.54 Å². The molecule has 0 aliphatic rings. The number of rotatable bonds is 3. The molecular formula is C20H16N2O2. The maximum Gasteiger partial charge on any atom is 0.251 e. The lowest BCUT2D eigenvalue weighted by Crippen LogP contribution is -2.23.